The van der Waals surface area contributed by atoms with E-state index in [1.165, 1.54) is 0 Å². The number of methoxy groups -OCH3 is 2. The molecule has 1 aromatic carbocycles. The molecule has 0 aromatic heterocycles. The molecule has 0 saturated heterocycles. The zero-order valence-corrected chi connectivity index (χ0v) is 12.5. The Hall–Kier alpha value is -1.23. The van der Waals surface area contributed by atoms with Crippen molar-refractivity contribution in [2.75, 3.05) is 14.2 Å². The standard InChI is InChI=1S/C13H16BrNO3/c1-7(2)15-6-9-8(13(15)16)5-10(17-3)12(18-4)11(9)14/h5,7H,6H2,1-4H3. The van der Waals surface area contributed by atoms with E-state index in [9.17, 15) is 4.79 Å². The topological polar surface area (TPSA) is 38.8 Å². The molecule has 0 N–H and O–H groups in total. The fraction of sp³-hybridized carbons (Fsp3) is 0.462. The molecule has 0 aliphatic carbocycles. The first-order chi connectivity index (χ1) is 8.51. The van der Waals surface area contributed by atoms with E-state index in [0.29, 0.717) is 23.6 Å². The first-order valence-corrected chi connectivity index (χ1v) is 6.54. The number of carbonyl (C=O) groups is 1. The van der Waals surface area contributed by atoms with Gasteiger partial charge in [-0.3, -0.25) is 4.79 Å². The highest BCUT2D eigenvalue weighted by atomic mass is 79.9. The summed E-state index contributed by atoms with van der Waals surface area (Å²) in [7, 11) is 3.16. The third-order valence-corrected chi connectivity index (χ3v) is 3.99. The molecule has 98 valence electrons. The minimum Gasteiger partial charge on any atom is -0.493 e. The van der Waals surface area contributed by atoms with Gasteiger partial charge in [0.1, 0.15) is 0 Å². The minimum absolute atomic E-state index is 0.0432. The zero-order chi connectivity index (χ0) is 13.4. The van der Waals surface area contributed by atoms with Gasteiger partial charge < -0.3 is 14.4 Å². The van der Waals surface area contributed by atoms with Crippen molar-refractivity contribution in [1.82, 2.24) is 4.90 Å². The lowest BCUT2D eigenvalue weighted by Gasteiger charge is -2.19. The fourth-order valence-electron chi connectivity index (χ4n) is 2.15. The summed E-state index contributed by atoms with van der Waals surface area (Å²) in [4.78, 5) is 14.1. The van der Waals surface area contributed by atoms with E-state index in [1.807, 2.05) is 18.7 Å². The quantitative estimate of drug-likeness (QED) is 0.861. The van der Waals surface area contributed by atoms with Crippen LogP contribution in [0.15, 0.2) is 10.5 Å². The molecule has 0 unspecified atom stereocenters. The summed E-state index contributed by atoms with van der Waals surface area (Å²) in [5.41, 5.74) is 1.65. The lowest BCUT2D eigenvalue weighted by molar-refractivity contribution is 0.0730. The maximum atomic E-state index is 12.3. The summed E-state index contributed by atoms with van der Waals surface area (Å²) in [6, 6.07) is 1.93. The van der Waals surface area contributed by atoms with Crippen LogP contribution >= 0.6 is 15.9 Å². The van der Waals surface area contributed by atoms with E-state index in [-0.39, 0.29) is 11.9 Å². The predicted molar refractivity (Wildman–Crippen MR) is 72.3 cm³/mol. The van der Waals surface area contributed by atoms with Crippen LogP contribution in [0.4, 0.5) is 0 Å². The molecular formula is C13H16BrNO3. The number of ether oxygens (including phenoxy) is 2. The van der Waals surface area contributed by atoms with Crippen molar-refractivity contribution in [3.63, 3.8) is 0 Å². The number of hydrogen-bond donors (Lipinski definition) is 0. The van der Waals surface area contributed by atoms with Crippen LogP contribution in [-0.4, -0.2) is 31.1 Å². The smallest absolute Gasteiger partial charge is 0.254 e. The summed E-state index contributed by atoms with van der Waals surface area (Å²) in [6.07, 6.45) is 0. The number of halogens is 1. The van der Waals surface area contributed by atoms with Gasteiger partial charge in [0.15, 0.2) is 11.5 Å². The molecule has 2 rings (SSSR count). The van der Waals surface area contributed by atoms with Gasteiger partial charge in [0.05, 0.1) is 18.7 Å². The molecular weight excluding hydrogens is 298 g/mol. The second-order valence-electron chi connectivity index (χ2n) is 4.48. The molecule has 0 radical (unpaired) electrons. The third kappa shape index (κ3) is 1.86. The molecule has 1 aromatic rings. The van der Waals surface area contributed by atoms with E-state index < -0.39 is 0 Å². The molecule has 0 bridgehead atoms. The number of nitrogens with zero attached hydrogens (tertiary/aromatic N) is 1. The highest BCUT2D eigenvalue weighted by Crippen LogP contribution is 2.43. The predicted octanol–water partition coefficient (Wildman–Crippen LogP) is 2.83. The van der Waals surface area contributed by atoms with Gasteiger partial charge in [0.2, 0.25) is 0 Å². The van der Waals surface area contributed by atoms with E-state index in [1.54, 1.807) is 20.3 Å². The average Bonchev–Trinajstić information content (AvgIpc) is 2.67. The van der Waals surface area contributed by atoms with Crippen molar-refractivity contribution in [1.29, 1.82) is 0 Å². The summed E-state index contributed by atoms with van der Waals surface area (Å²) in [5, 5.41) is 0. The van der Waals surface area contributed by atoms with Gasteiger partial charge in [-0.15, -0.1) is 0 Å². The van der Waals surface area contributed by atoms with Gasteiger partial charge in [-0.05, 0) is 35.8 Å². The van der Waals surface area contributed by atoms with Gasteiger partial charge >= 0.3 is 0 Å². The van der Waals surface area contributed by atoms with Crippen molar-refractivity contribution in [3.8, 4) is 11.5 Å². The molecule has 1 heterocycles. The monoisotopic (exact) mass is 313 g/mol. The number of carbonyl (C=O) groups excluding carboxylic acids is 1. The maximum Gasteiger partial charge on any atom is 0.254 e. The average molecular weight is 314 g/mol. The van der Waals surface area contributed by atoms with E-state index >= 15 is 0 Å². The molecule has 0 saturated carbocycles. The number of hydrogen-bond acceptors (Lipinski definition) is 3. The van der Waals surface area contributed by atoms with E-state index in [0.717, 1.165) is 10.0 Å². The molecule has 5 heteroatoms. The summed E-state index contributed by atoms with van der Waals surface area (Å²) in [6.45, 7) is 4.62. The Kier molecular flexibility index (Phi) is 3.52. The summed E-state index contributed by atoms with van der Waals surface area (Å²) in [5.74, 6) is 1.25. The lowest BCUT2D eigenvalue weighted by Crippen LogP contribution is -2.30. The van der Waals surface area contributed by atoms with Crippen molar-refractivity contribution in [2.24, 2.45) is 0 Å². The van der Waals surface area contributed by atoms with Gasteiger partial charge in [-0.2, -0.15) is 0 Å². The molecule has 18 heavy (non-hydrogen) atoms. The maximum absolute atomic E-state index is 12.3. The first kappa shape index (κ1) is 13.2. The zero-order valence-electron chi connectivity index (χ0n) is 10.9. The van der Waals surface area contributed by atoms with Crippen LogP contribution in [0.25, 0.3) is 0 Å². The Labute approximate surface area is 115 Å². The Bertz CT molecular complexity index is 499. The summed E-state index contributed by atoms with van der Waals surface area (Å²) < 4.78 is 11.4. The lowest BCUT2D eigenvalue weighted by atomic mass is 10.1. The van der Waals surface area contributed by atoms with Gasteiger partial charge in [0.25, 0.3) is 5.91 Å². The molecule has 1 aliphatic heterocycles. The van der Waals surface area contributed by atoms with Crippen LogP contribution < -0.4 is 9.47 Å². The van der Waals surface area contributed by atoms with Crippen LogP contribution in [0.3, 0.4) is 0 Å². The van der Waals surface area contributed by atoms with Crippen molar-refractivity contribution in [3.05, 3.63) is 21.7 Å². The minimum atomic E-state index is 0.0432. The Balaban J connectivity index is 2.57. The first-order valence-electron chi connectivity index (χ1n) is 5.75. The van der Waals surface area contributed by atoms with Gasteiger partial charge in [-0.1, -0.05) is 0 Å². The number of rotatable bonds is 3. The van der Waals surface area contributed by atoms with Crippen LogP contribution in [0.1, 0.15) is 29.8 Å². The molecule has 1 aliphatic rings. The van der Waals surface area contributed by atoms with Crippen LogP contribution in [0.5, 0.6) is 11.5 Å². The molecule has 0 fully saturated rings. The van der Waals surface area contributed by atoms with Crippen LogP contribution in [0.2, 0.25) is 0 Å². The number of fused-ring (bicyclic) bond motifs is 1. The SMILES string of the molecule is COc1cc2c(c(Br)c1OC)CN(C(C)C)C2=O. The Morgan fingerprint density at radius 3 is 2.50 bits per heavy atom. The second-order valence-corrected chi connectivity index (χ2v) is 5.27. The van der Waals surface area contributed by atoms with E-state index in [2.05, 4.69) is 15.9 Å². The van der Waals surface area contributed by atoms with Crippen molar-refractivity contribution in [2.45, 2.75) is 26.4 Å². The number of benzene rings is 1. The normalized spacial score (nSPS) is 14.1. The molecule has 1 amide bonds. The van der Waals surface area contributed by atoms with Gasteiger partial charge in [0, 0.05) is 23.7 Å². The third-order valence-electron chi connectivity index (χ3n) is 3.16. The highest BCUT2D eigenvalue weighted by molar-refractivity contribution is 9.10. The van der Waals surface area contributed by atoms with Gasteiger partial charge in [-0.25, -0.2) is 0 Å². The van der Waals surface area contributed by atoms with Crippen molar-refractivity contribution < 1.29 is 14.3 Å². The molecule has 4 nitrogen and oxygen atoms in total. The molecule has 0 atom stereocenters. The Morgan fingerprint density at radius 2 is 2.00 bits per heavy atom. The molecule has 0 spiro atoms. The fourth-order valence-corrected chi connectivity index (χ4v) is 2.84. The van der Waals surface area contributed by atoms with E-state index in [4.69, 9.17) is 9.47 Å². The van der Waals surface area contributed by atoms with Crippen LogP contribution in [0, 0.1) is 0 Å². The summed E-state index contributed by atoms with van der Waals surface area (Å²) >= 11 is 3.50. The van der Waals surface area contributed by atoms with Crippen LogP contribution in [-0.2, 0) is 6.54 Å². The Morgan fingerprint density at radius 1 is 1.33 bits per heavy atom. The second kappa shape index (κ2) is 4.80. The number of amides is 1. The van der Waals surface area contributed by atoms with Crippen molar-refractivity contribution >= 4 is 21.8 Å². The largest absolute Gasteiger partial charge is 0.493 e. The highest BCUT2D eigenvalue weighted by Gasteiger charge is 2.33.